The molecule has 5 heteroatoms. The van der Waals surface area contributed by atoms with Crippen LogP contribution in [0.1, 0.15) is 0 Å². The summed E-state index contributed by atoms with van der Waals surface area (Å²) in [5.41, 5.74) is 8.31. The van der Waals surface area contributed by atoms with Gasteiger partial charge in [0.25, 0.3) is 0 Å². The molecule has 2 heterocycles. The molecule has 0 saturated heterocycles. The SMILES string of the molecule is Nc1onc(-c2cccnc2)c1-c1cccc(F)c1. The van der Waals surface area contributed by atoms with Crippen LogP contribution in [0.25, 0.3) is 22.4 Å². The van der Waals surface area contributed by atoms with Crippen molar-refractivity contribution in [3.05, 3.63) is 54.6 Å². The quantitative estimate of drug-likeness (QED) is 0.764. The highest BCUT2D eigenvalue weighted by Gasteiger charge is 2.17. The van der Waals surface area contributed by atoms with E-state index in [0.29, 0.717) is 16.8 Å². The topological polar surface area (TPSA) is 64.9 Å². The standard InChI is InChI=1S/C14H10FN3O/c15-11-5-1-3-9(7-11)12-13(18-19-14(12)16)10-4-2-6-17-8-10/h1-8H,16H2. The van der Waals surface area contributed by atoms with Gasteiger partial charge in [-0.15, -0.1) is 0 Å². The number of benzene rings is 1. The van der Waals surface area contributed by atoms with E-state index in [1.54, 1.807) is 30.6 Å². The molecule has 1 aromatic carbocycles. The lowest BCUT2D eigenvalue weighted by Gasteiger charge is -2.02. The zero-order valence-corrected chi connectivity index (χ0v) is 9.88. The van der Waals surface area contributed by atoms with Crippen LogP contribution >= 0.6 is 0 Å². The van der Waals surface area contributed by atoms with Crippen molar-refractivity contribution in [3.8, 4) is 22.4 Å². The number of halogens is 1. The molecule has 2 aromatic heterocycles. The molecular formula is C14H10FN3O. The summed E-state index contributed by atoms with van der Waals surface area (Å²) in [5.74, 6) is -0.181. The van der Waals surface area contributed by atoms with Crippen LogP contribution in [0.3, 0.4) is 0 Å². The number of aromatic nitrogens is 2. The van der Waals surface area contributed by atoms with Crippen LogP contribution in [-0.4, -0.2) is 10.1 Å². The smallest absolute Gasteiger partial charge is 0.230 e. The van der Waals surface area contributed by atoms with Crippen molar-refractivity contribution < 1.29 is 8.91 Å². The second-order valence-corrected chi connectivity index (χ2v) is 4.02. The summed E-state index contributed by atoms with van der Waals surface area (Å²) < 4.78 is 18.3. The van der Waals surface area contributed by atoms with Crippen molar-refractivity contribution in [3.63, 3.8) is 0 Å². The first-order valence-electron chi connectivity index (χ1n) is 5.67. The van der Waals surface area contributed by atoms with E-state index >= 15 is 0 Å². The van der Waals surface area contributed by atoms with Gasteiger partial charge in [-0.05, 0) is 29.8 Å². The molecule has 0 amide bonds. The van der Waals surface area contributed by atoms with Crippen LogP contribution in [-0.2, 0) is 0 Å². The van der Waals surface area contributed by atoms with Gasteiger partial charge >= 0.3 is 0 Å². The van der Waals surface area contributed by atoms with Gasteiger partial charge in [0.1, 0.15) is 11.5 Å². The Morgan fingerprint density at radius 3 is 2.68 bits per heavy atom. The molecule has 0 aliphatic rings. The Kier molecular flexibility index (Phi) is 2.72. The first kappa shape index (κ1) is 11.4. The predicted molar refractivity (Wildman–Crippen MR) is 69.5 cm³/mol. The monoisotopic (exact) mass is 255 g/mol. The van der Waals surface area contributed by atoms with E-state index in [0.717, 1.165) is 5.56 Å². The summed E-state index contributed by atoms with van der Waals surface area (Å²) in [7, 11) is 0. The van der Waals surface area contributed by atoms with Crippen LogP contribution in [0, 0.1) is 5.82 Å². The van der Waals surface area contributed by atoms with E-state index in [1.165, 1.54) is 12.1 Å². The third-order valence-corrected chi connectivity index (χ3v) is 2.77. The van der Waals surface area contributed by atoms with Gasteiger partial charge in [-0.25, -0.2) is 4.39 Å². The van der Waals surface area contributed by atoms with E-state index in [2.05, 4.69) is 10.1 Å². The van der Waals surface area contributed by atoms with Crippen molar-refractivity contribution >= 4 is 5.88 Å². The summed E-state index contributed by atoms with van der Waals surface area (Å²) in [6.07, 6.45) is 3.31. The fraction of sp³-hybridized carbons (Fsp3) is 0. The highest BCUT2D eigenvalue weighted by atomic mass is 19.1. The van der Waals surface area contributed by atoms with E-state index < -0.39 is 0 Å². The second-order valence-electron chi connectivity index (χ2n) is 4.02. The van der Waals surface area contributed by atoms with Gasteiger partial charge in [-0.2, -0.15) is 0 Å². The minimum Gasteiger partial charge on any atom is -0.367 e. The Bertz CT molecular complexity index is 710. The summed E-state index contributed by atoms with van der Waals surface area (Å²) in [6.45, 7) is 0. The Morgan fingerprint density at radius 2 is 1.95 bits per heavy atom. The number of nitrogens with zero attached hydrogens (tertiary/aromatic N) is 2. The molecule has 94 valence electrons. The summed E-state index contributed by atoms with van der Waals surface area (Å²) >= 11 is 0. The predicted octanol–water partition coefficient (Wildman–Crippen LogP) is 3.12. The van der Waals surface area contributed by atoms with Gasteiger partial charge in [0.05, 0.1) is 5.56 Å². The molecule has 0 saturated carbocycles. The van der Waals surface area contributed by atoms with Crippen LogP contribution in [0.4, 0.5) is 10.3 Å². The summed E-state index contributed by atoms with van der Waals surface area (Å²) in [6, 6.07) is 9.76. The molecule has 2 N–H and O–H groups in total. The molecule has 4 nitrogen and oxygen atoms in total. The van der Waals surface area contributed by atoms with E-state index in [-0.39, 0.29) is 11.7 Å². The van der Waals surface area contributed by atoms with Crippen LogP contribution in [0.5, 0.6) is 0 Å². The van der Waals surface area contributed by atoms with Gasteiger partial charge in [0, 0.05) is 18.0 Å². The first-order valence-corrected chi connectivity index (χ1v) is 5.67. The second kappa shape index (κ2) is 4.53. The molecule has 0 bridgehead atoms. The molecule has 0 fully saturated rings. The highest BCUT2D eigenvalue weighted by Crippen LogP contribution is 2.35. The zero-order chi connectivity index (χ0) is 13.2. The lowest BCUT2D eigenvalue weighted by atomic mass is 10.0. The lowest BCUT2D eigenvalue weighted by molar-refractivity contribution is 0.439. The number of hydrogen-bond acceptors (Lipinski definition) is 4. The molecule has 0 aliphatic carbocycles. The average molecular weight is 255 g/mol. The zero-order valence-electron chi connectivity index (χ0n) is 9.88. The Hall–Kier alpha value is -2.69. The Balaban J connectivity index is 2.20. The molecule has 0 spiro atoms. The molecule has 3 aromatic rings. The van der Waals surface area contributed by atoms with Crippen molar-refractivity contribution in [2.24, 2.45) is 0 Å². The Morgan fingerprint density at radius 1 is 1.11 bits per heavy atom. The van der Waals surface area contributed by atoms with Crippen molar-refractivity contribution in [1.29, 1.82) is 0 Å². The van der Waals surface area contributed by atoms with E-state index in [1.807, 2.05) is 6.07 Å². The van der Waals surface area contributed by atoms with Gasteiger partial charge in [-0.3, -0.25) is 4.98 Å². The molecule has 0 radical (unpaired) electrons. The van der Waals surface area contributed by atoms with Gasteiger partial charge < -0.3 is 10.3 Å². The lowest BCUT2D eigenvalue weighted by Crippen LogP contribution is -1.88. The number of nitrogens with two attached hydrogens (primary N) is 1. The fourth-order valence-corrected chi connectivity index (χ4v) is 1.93. The minimum absolute atomic E-state index is 0.157. The number of nitrogen functional groups attached to an aromatic ring is 1. The third-order valence-electron chi connectivity index (χ3n) is 2.77. The highest BCUT2D eigenvalue weighted by molar-refractivity contribution is 5.86. The molecular weight excluding hydrogens is 245 g/mol. The maximum Gasteiger partial charge on any atom is 0.230 e. The minimum atomic E-state index is -0.338. The maximum atomic E-state index is 13.3. The third kappa shape index (κ3) is 2.06. The number of rotatable bonds is 2. The number of anilines is 1. The van der Waals surface area contributed by atoms with Gasteiger partial charge in [0.15, 0.2) is 0 Å². The average Bonchev–Trinajstić information content (AvgIpc) is 2.82. The number of pyridine rings is 1. The van der Waals surface area contributed by atoms with Crippen molar-refractivity contribution in [2.75, 3.05) is 5.73 Å². The van der Waals surface area contributed by atoms with Crippen molar-refractivity contribution in [1.82, 2.24) is 10.1 Å². The maximum absolute atomic E-state index is 13.3. The Labute approximate surface area is 108 Å². The molecule has 3 rings (SSSR count). The van der Waals surface area contributed by atoms with E-state index in [4.69, 9.17) is 10.3 Å². The summed E-state index contributed by atoms with van der Waals surface area (Å²) in [5, 5.41) is 3.93. The normalized spacial score (nSPS) is 10.6. The molecule has 0 atom stereocenters. The first-order chi connectivity index (χ1) is 9.25. The fourth-order valence-electron chi connectivity index (χ4n) is 1.93. The van der Waals surface area contributed by atoms with Crippen LogP contribution < -0.4 is 5.73 Å². The molecule has 0 unspecified atom stereocenters. The number of hydrogen-bond donors (Lipinski definition) is 1. The molecule has 19 heavy (non-hydrogen) atoms. The van der Waals surface area contributed by atoms with Crippen LogP contribution in [0.2, 0.25) is 0 Å². The van der Waals surface area contributed by atoms with Gasteiger partial charge in [-0.1, -0.05) is 17.3 Å². The largest absolute Gasteiger partial charge is 0.367 e. The van der Waals surface area contributed by atoms with E-state index in [9.17, 15) is 4.39 Å². The van der Waals surface area contributed by atoms with Crippen molar-refractivity contribution in [2.45, 2.75) is 0 Å². The summed E-state index contributed by atoms with van der Waals surface area (Å²) in [4.78, 5) is 4.03. The molecule has 0 aliphatic heterocycles. The van der Waals surface area contributed by atoms with Gasteiger partial charge in [0.2, 0.25) is 5.88 Å². The van der Waals surface area contributed by atoms with Crippen LogP contribution in [0.15, 0.2) is 53.3 Å².